The molecule has 1 N–H and O–H groups in total. The molecular formula is C15H18N4O2. The quantitative estimate of drug-likeness (QED) is 0.919. The van der Waals surface area contributed by atoms with E-state index >= 15 is 0 Å². The van der Waals surface area contributed by atoms with Crippen LogP contribution in [0.3, 0.4) is 0 Å². The first-order valence-corrected chi connectivity index (χ1v) is 7.10. The molecule has 2 aromatic rings. The van der Waals surface area contributed by atoms with Gasteiger partial charge in [0.2, 0.25) is 0 Å². The van der Waals surface area contributed by atoms with Crippen LogP contribution in [-0.2, 0) is 0 Å². The minimum Gasteiger partial charge on any atom is -0.394 e. The lowest BCUT2D eigenvalue weighted by molar-refractivity contribution is 0.0671. The fraction of sp³-hybridized carbons (Fsp3) is 0.400. The summed E-state index contributed by atoms with van der Waals surface area (Å²) in [7, 11) is 0. The number of aliphatic hydroxyl groups is 1. The Morgan fingerprint density at radius 3 is 3.10 bits per heavy atom. The van der Waals surface area contributed by atoms with E-state index in [9.17, 15) is 9.90 Å². The Hall–Kier alpha value is -2.21. The minimum atomic E-state index is -0.162. The molecule has 0 spiro atoms. The first kappa shape index (κ1) is 13.8. The molecule has 0 radical (unpaired) electrons. The van der Waals surface area contributed by atoms with Crippen LogP contribution in [0.1, 0.15) is 28.9 Å². The maximum absolute atomic E-state index is 12.4. The second-order valence-electron chi connectivity index (χ2n) is 5.36. The largest absolute Gasteiger partial charge is 0.394 e. The molecule has 2 heterocycles. The zero-order valence-corrected chi connectivity index (χ0v) is 11.9. The van der Waals surface area contributed by atoms with Crippen molar-refractivity contribution in [2.24, 2.45) is 0 Å². The van der Waals surface area contributed by atoms with Crippen LogP contribution < -0.4 is 0 Å². The highest BCUT2D eigenvalue weighted by Gasteiger charge is 2.30. The predicted octanol–water partition coefficient (Wildman–Crippen LogP) is 1.17. The first-order valence-electron chi connectivity index (χ1n) is 7.10. The van der Waals surface area contributed by atoms with Crippen LogP contribution in [0.4, 0.5) is 0 Å². The molecule has 1 aromatic carbocycles. The van der Waals surface area contributed by atoms with Gasteiger partial charge in [-0.2, -0.15) is 0 Å². The zero-order chi connectivity index (χ0) is 14.8. The molecule has 110 valence electrons. The summed E-state index contributed by atoms with van der Waals surface area (Å²) in [5.41, 5.74) is 2.31. The van der Waals surface area contributed by atoms with Crippen molar-refractivity contribution >= 4 is 5.91 Å². The molecule has 3 rings (SSSR count). The molecule has 0 aliphatic carbocycles. The van der Waals surface area contributed by atoms with Gasteiger partial charge in [0, 0.05) is 6.54 Å². The number of rotatable bonds is 3. The average Bonchev–Trinajstić information content (AvgIpc) is 3.15. The highest BCUT2D eigenvalue weighted by molar-refractivity contribution is 5.92. The highest BCUT2D eigenvalue weighted by Crippen LogP contribution is 2.19. The molecule has 21 heavy (non-hydrogen) atoms. The third-order valence-electron chi connectivity index (χ3n) is 3.83. The standard InChI is InChI=1S/C15H18N4O2/c1-11-4-2-5-12(8-11)19-9-14(16-17-19)15(21)18-7-3-6-13(18)10-20/h2,4-5,8-9,13,20H,3,6-7,10H2,1H3/t13-/m0/s1. The number of benzene rings is 1. The van der Waals surface area contributed by atoms with Gasteiger partial charge in [0.1, 0.15) is 0 Å². The van der Waals surface area contributed by atoms with Crippen molar-refractivity contribution in [2.45, 2.75) is 25.8 Å². The molecule has 1 amide bonds. The van der Waals surface area contributed by atoms with Crippen LogP contribution >= 0.6 is 0 Å². The number of hydrogen-bond donors (Lipinski definition) is 1. The third kappa shape index (κ3) is 2.67. The van der Waals surface area contributed by atoms with Gasteiger partial charge in [0.15, 0.2) is 5.69 Å². The number of nitrogens with zero attached hydrogens (tertiary/aromatic N) is 4. The fourth-order valence-corrected chi connectivity index (χ4v) is 2.70. The van der Waals surface area contributed by atoms with Gasteiger partial charge in [0.05, 0.1) is 24.5 Å². The smallest absolute Gasteiger partial charge is 0.276 e. The van der Waals surface area contributed by atoms with E-state index in [4.69, 9.17) is 0 Å². The number of amides is 1. The third-order valence-corrected chi connectivity index (χ3v) is 3.83. The summed E-state index contributed by atoms with van der Waals surface area (Å²) in [6.07, 6.45) is 3.40. The van der Waals surface area contributed by atoms with E-state index in [-0.39, 0.29) is 18.6 Å². The van der Waals surface area contributed by atoms with Crippen molar-refractivity contribution in [3.8, 4) is 5.69 Å². The van der Waals surface area contributed by atoms with E-state index in [1.807, 2.05) is 31.2 Å². The van der Waals surface area contributed by atoms with Crippen molar-refractivity contribution in [3.05, 3.63) is 41.7 Å². The molecule has 1 aliphatic rings. The Bertz CT molecular complexity index is 653. The predicted molar refractivity (Wildman–Crippen MR) is 77.2 cm³/mol. The number of aromatic nitrogens is 3. The average molecular weight is 286 g/mol. The number of aliphatic hydroxyl groups excluding tert-OH is 1. The van der Waals surface area contributed by atoms with E-state index in [0.717, 1.165) is 24.1 Å². The van der Waals surface area contributed by atoms with Gasteiger partial charge in [0.25, 0.3) is 5.91 Å². The Morgan fingerprint density at radius 1 is 1.48 bits per heavy atom. The van der Waals surface area contributed by atoms with E-state index < -0.39 is 0 Å². The van der Waals surface area contributed by atoms with Crippen molar-refractivity contribution in [1.29, 1.82) is 0 Å². The van der Waals surface area contributed by atoms with E-state index in [1.54, 1.807) is 15.8 Å². The summed E-state index contributed by atoms with van der Waals surface area (Å²) >= 11 is 0. The molecule has 1 aliphatic heterocycles. The second-order valence-corrected chi connectivity index (χ2v) is 5.36. The molecule has 1 fully saturated rings. The van der Waals surface area contributed by atoms with Crippen molar-refractivity contribution in [1.82, 2.24) is 19.9 Å². The Balaban J connectivity index is 1.83. The molecular weight excluding hydrogens is 268 g/mol. The Morgan fingerprint density at radius 2 is 2.33 bits per heavy atom. The number of carbonyl (C=O) groups is 1. The molecule has 1 saturated heterocycles. The van der Waals surface area contributed by atoms with Crippen LogP contribution in [0, 0.1) is 6.92 Å². The summed E-state index contributed by atoms with van der Waals surface area (Å²) in [4.78, 5) is 14.1. The number of likely N-dealkylation sites (tertiary alicyclic amines) is 1. The highest BCUT2D eigenvalue weighted by atomic mass is 16.3. The Kier molecular flexibility index (Phi) is 3.70. The van der Waals surface area contributed by atoms with Crippen LogP contribution in [0.25, 0.3) is 5.69 Å². The topological polar surface area (TPSA) is 71.2 Å². The monoisotopic (exact) mass is 286 g/mol. The van der Waals surface area contributed by atoms with Crippen LogP contribution in [0.2, 0.25) is 0 Å². The van der Waals surface area contributed by atoms with Gasteiger partial charge in [-0.05, 0) is 37.5 Å². The zero-order valence-electron chi connectivity index (χ0n) is 11.9. The summed E-state index contributed by atoms with van der Waals surface area (Å²) in [6.45, 7) is 2.67. The normalized spacial score (nSPS) is 18.2. The van der Waals surface area contributed by atoms with Gasteiger partial charge < -0.3 is 10.0 Å². The summed E-state index contributed by atoms with van der Waals surface area (Å²) in [6, 6.07) is 7.75. The molecule has 0 unspecified atom stereocenters. The second kappa shape index (κ2) is 5.65. The summed E-state index contributed by atoms with van der Waals surface area (Å²) < 4.78 is 1.60. The minimum absolute atomic E-state index is 0.00223. The van der Waals surface area contributed by atoms with E-state index in [2.05, 4.69) is 10.3 Å². The van der Waals surface area contributed by atoms with E-state index in [0.29, 0.717) is 12.2 Å². The Labute approximate surface area is 123 Å². The molecule has 0 saturated carbocycles. The van der Waals surface area contributed by atoms with Gasteiger partial charge in [-0.1, -0.05) is 17.3 Å². The van der Waals surface area contributed by atoms with Gasteiger partial charge in [-0.25, -0.2) is 4.68 Å². The maximum Gasteiger partial charge on any atom is 0.276 e. The van der Waals surface area contributed by atoms with Gasteiger partial charge in [-0.15, -0.1) is 5.10 Å². The lowest BCUT2D eigenvalue weighted by Gasteiger charge is -2.21. The van der Waals surface area contributed by atoms with Crippen LogP contribution in [-0.4, -0.2) is 50.1 Å². The SMILES string of the molecule is Cc1cccc(-n2cc(C(=O)N3CCC[C@H]3CO)nn2)c1. The summed E-state index contributed by atoms with van der Waals surface area (Å²) in [5.74, 6) is -0.162. The van der Waals surface area contributed by atoms with Gasteiger partial charge in [-0.3, -0.25) is 4.79 Å². The molecule has 1 aromatic heterocycles. The lowest BCUT2D eigenvalue weighted by Crippen LogP contribution is -2.37. The lowest BCUT2D eigenvalue weighted by atomic mass is 10.2. The molecule has 0 bridgehead atoms. The maximum atomic E-state index is 12.4. The molecule has 6 nitrogen and oxygen atoms in total. The van der Waals surface area contributed by atoms with Crippen molar-refractivity contribution in [3.63, 3.8) is 0 Å². The van der Waals surface area contributed by atoms with Crippen molar-refractivity contribution in [2.75, 3.05) is 13.2 Å². The number of hydrogen-bond acceptors (Lipinski definition) is 4. The molecule has 1 atom stereocenters. The first-order chi connectivity index (χ1) is 10.2. The molecule has 6 heteroatoms. The summed E-state index contributed by atoms with van der Waals surface area (Å²) in [5, 5.41) is 17.3. The van der Waals surface area contributed by atoms with Crippen molar-refractivity contribution < 1.29 is 9.90 Å². The number of carbonyl (C=O) groups excluding carboxylic acids is 1. The van der Waals surface area contributed by atoms with Gasteiger partial charge >= 0.3 is 0 Å². The van der Waals surface area contributed by atoms with E-state index in [1.165, 1.54) is 0 Å². The number of aryl methyl sites for hydroxylation is 1. The van der Waals surface area contributed by atoms with Crippen LogP contribution in [0.15, 0.2) is 30.5 Å². The van der Waals surface area contributed by atoms with Crippen LogP contribution in [0.5, 0.6) is 0 Å². The fourth-order valence-electron chi connectivity index (χ4n) is 2.70.